The van der Waals surface area contributed by atoms with Crippen molar-refractivity contribution in [2.45, 2.75) is 45.4 Å². The molecule has 0 saturated carbocycles. The van der Waals surface area contributed by atoms with Crippen molar-refractivity contribution in [1.29, 1.82) is 0 Å². The molecule has 1 aromatic carbocycles. The molecule has 3 fully saturated rings. The molecule has 4 heterocycles. The lowest BCUT2D eigenvalue weighted by Crippen LogP contribution is -2.41. The molecule has 6 nitrogen and oxygen atoms in total. The Balaban J connectivity index is 1.29. The lowest BCUT2D eigenvalue weighted by atomic mass is 9.82. The first-order chi connectivity index (χ1) is 13.2. The molecule has 2 bridgehead atoms. The van der Waals surface area contributed by atoms with Gasteiger partial charge in [0, 0.05) is 38.0 Å². The standard InChI is InChI=1S/C21H29N5O/c1-3-22-21(25-12-15-16(13-25)20-9-8-19(15)27-20)23-10-11-26-14(2)24-17-6-4-5-7-18(17)26/h4-7,15-16,19-20H,3,8-13H2,1-2H3,(H,22,23). The average Bonchev–Trinajstić information content (AvgIpc) is 3.42. The zero-order chi connectivity index (χ0) is 18.4. The molecule has 144 valence electrons. The van der Waals surface area contributed by atoms with E-state index >= 15 is 0 Å². The number of aliphatic imine (C=N–C) groups is 1. The van der Waals surface area contributed by atoms with Crippen LogP contribution in [0.1, 0.15) is 25.6 Å². The van der Waals surface area contributed by atoms with Crippen LogP contribution in [-0.2, 0) is 11.3 Å². The smallest absolute Gasteiger partial charge is 0.193 e. The van der Waals surface area contributed by atoms with Crippen molar-refractivity contribution in [2.24, 2.45) is 16.8 Å². The lowest BCUT2D eigenvalue weighted by Gasteiger charge is -2.23. The molecule has 3 aliphatic rings. The maximum absolute atomic E-state index is 6.11. The molecule has 3 aliphatic heterocycles. The number of aromatic nitrogens is 2. The summed E-state index contributed by atoms with van der Waals surface area (Å²) in [5, 5.41) is 3.51. The summed E-state index contributed by atoms with van der Waals surface area (Å²) in [7, 11) is 0. The van der Waals surface area contributed by atoms with E-state index in [4.69, 9.17) is 9.73 Å². The van der Waals surface area contributed by atoms with Crippen LogP contribution in [0.3, 0.4) is 0 Å². The molecule has 0 aliphatic carbocycles. The number of fused-ring (bicyclic) bond motifs is 6. The van der Waals surface area contributed by atoms with Crippen LogP contribution in [-0.4, -0.2) is 58.8 Å². The summed E-state index contributed by atoms with van der Waals surface area (Å²) in [5.74, 6) is 3.52. The van der Waals surface area contributed by atoms with Gasteiger partial charge in [-0.05, 0) is 38.8 Å². The van der Waals surface area contributed by atoms with Crippen LogP contribution in [0.5, 0.6) is 0 Å². The van der Waals surface area contributed by atoms with Crippen LogP contribution >= 0.6 is 0 Å². The Kier molecular flexibility index (Phi) is 4.31. The number of hydrogen-bond acceptors (Lipinski definition) is 3. The van der Waals surface area contributed by atoms with E-state index < -0.39 is 0 Å². The Morgan fingerprint density at radius 3 is 2.70 bits per heavy atom. The molecule has 27 heavy (non-hydrogen) atoms. The molecule has 3 saturated heterocycles. The number of para-hydroxylation sites is 2. The highest BCUT2D eigenvalue weighted by atomic mass is 16.5. The number of benzene rings is 1. The van der Waals surface area contributed by atoms with Crippen LogP contribution < -0.4 is 5.32 Å². The number of ether oxygens (including phenoxy) is 1. The van der Waals surface area contributed by atoms with Gasteiger partial charge in [0.2, 0.25) is 0 Å². The molecule has 4 atom stereocenters. The van der Waals surface area contributed by atoms with Gasteiger partial charge in [-0.1, -0.05) is 12.1 Å². The van der Waals surface area contributed by atoms with E-state index in [2.05, 4.69) is 51.8 Å². The minimum absolute atomic E-state index is 0.493. The number of rotatable bonds is 4. The Hall–Kier alpha value is -2.08. The molecular formula is C21H29N5O. The molecule has 0 amide bonds. The van der Waals surface area contributed by atoms with Gasteiger partial charge in [0.15, 0.2) is 5.96 Å². The fourth-order valence-corrected chi connectivity index (χ4v) is 5.29. The quantitative estimate of drug-likeness (QED) is 0.666. The Morgan fingerprint density at radius 1 is 1.22 bits per heavy atom. The van der Waals surface area contributed by atoms with E-state index in [1.54, 1.807) is 0 Å². The zero-order valence-electron chi connectivity index (χ0n) is 16.3. The monoisotopic (exact) mass is 367 g/mol. The summed E-state index contributed by atoms with van der Waals surface area (Å²) >= 11 is 0. The second kappa shape index (κ2) is 6.82. The topological polar surface area (TPSA) is 54.7 Å². The van der Waals surface area contributed by atoms with E-state index in [0.29, 0.717) is 24.0 Å². The van der Waals surface area contributed by atoms with Crippen molar-refractivity contribution >= 4 is 17.0 Å². The summed E-state index contributed by atoms with van der Waals surface area (Å²) in [6, 6.07) is 8.33. The van der Waals surface area contributed by atoms with Gasteiger partial charge in [0.25, 0.3) is 0 Å². The summed E-state index contributed by atoms with van der Waals surface area (Å²) in [4.78, 5) is 12.1. The molecule has 1 aromatic heterocycles. The van der Waals surface area contributed by atoms with Gasteiger partial charge in [-0.15, -0.1) is 0 Å². The van der Waals surface area contributed by atoms with Crippen LogP contribution in [0.2, 0.25) is 0 Å². The molecule has 0 radical (unpaired) electrons. The molecule has 5 rings (SSSR count). The predicted molar refractivity (Wildman–Crippen MR) is 107 cm³/mol. The van der Waals surface area contributed by atoms with Crippen LogP contribution in [0, 0.1) is 18.8 Å². The van der Waals surface area contributed by atoms with Crippen molar-refractivity contribution in [2.75, 3.05) is 26.2 Å². The third kappa shape index (κ3) is 2.90. The van der Waals surface area contributed by atoms with Crippen molar-refractivity contribution in [1.82, 2.24) is 19.8 Å². The highest BCUT2D eigenvalue weighted by Crippen LogP contribution is 2.47. The van der Waals surface area contributed by atoms with E-state index in [1.165, 1.54) is 18.4 Å². The van der Waals surface area contributed by atoms with E-state index in [1.807, 2.05) is 6.07 Å². The average molecular weight is 367 g/mol. The normalized spacial score (nSPS) is 29.7. The Labute approximate surface area is 160 Å². The Bertz CT molecular complexity index is 841. The van der Waals surface area contributed by atoms with E-state index in [9.17, 15) is 0 Å². The predicted octanol–water partition coefficient (Wildman–Crippen LogP) is 2.42. The number of hydrogen-bond donors (Lipinski definition) is 1. The fourth-order valence-electron chi connectivity index (χ4n) is 5.29. The van der Waals surface area contributed by atoms with Gasteiger partial charge < -0.3 is 19.5 Å². The third-order valence-electron chi connectivity index (χ3n) is 6.52. The van der Waals surface area contributed by atoms with Gasteiger partial charge in [-0.2, -0.15) is 0 Å². The van der Waals surface area contributed by atoms with Crippen LogP contribution in [0.15, 0.2) is 29.3 Å². The number of aryl methyl sites for hydroxylation is 1. The van der Waals surface area contributed by atoms with Gasteiger partial charge in [0.05, 0.1) is 29.8 Å². The number of nitrogens with zero attached hydrogens (tertiary/aromatic N) is 4. The van der Waals surface area contributed by atoms with Crippen molar-refractivity contribution in [3.05, 3.63) is 30.1 Å². The molecule has 0 spiro atoms. The second-order valence-corrected chi connectivity index (χ2v) is 8.06. The van der Waals surface area contributed by atoms with Crippen molar-refractivity contribution < 1.29 is 4.74 Å². The second-order valence-electron chi connectivity index (χ2n) is 8.06. The zero-order valence-corrected chi connectivity index (χ0v) is 16.3. The lowest BCUT2D eigenvalue weighted by molar-refractivity contribution is 0.0767. The maximum atomic E-state index is 6.11. The number of imidazole rings is 1. The van der Waals surface area contributed by atoms with Gasteiger partial charge in [0.1, 0.15) is 5.82 Å². The molecule has 2 aromatic rings. The maximum Gasteiger partial charge on any atom is 0.193 e. The number of guanidine groups is 1. The van der Waals surface area contributed by atoms with Gasteiger partial charge in [-0.3, -0.25) is 4.99 Å². The van der Waals surface area contributed by atoms with Gasteiger partial charge in [-0.25, -0.2) is 4.98 Å². The summed E-state index contributed by atoms with van der Waals surface area (Å²) in [6.07, 6.45) is 3.49. The summed E-state index contributed by atoms with van der Waals surface area (Å²) in [6.45, 7) is 8.92. The third-order valence-corrected chi connectivity index (χ3v) is 6.52. The van der Waals surface area contributed by atoms with Crippen molar-refractivity contribution in [3.8, 4) is 0 Å². The van der Waals surface area contributed by atoms with E-state index in [0.717, 1.165) is 50.0 Å². The summed E-state index contributed by atoms with van der Waals surface area (Å²) in [5.41, 5.74) is 2.26. The molecule has 1 N–H and O–H groups in total. The van der Waals surface area contributed by atoms with Crippen LogP contribution in [0.25, 0.3) is 11.0 Å². The first-order valence-electron chi connectivity index (χ1n) is 10.3. The molecule has 4 unspecified atom stereocenters. The fraction of sp³-hybridized carbons (Fsp3) is 0.619. The highest BCUT2D eigenvalue weighted by Gasteiger charge is 2.53. The molecular weight excluding hydrogens is 338 g/mol. The summed E-state index contributed by atoms with van der Waals surface area (Å²) < 4.78 is 8.39. The molecule has 6 heteroatoms. The first-order valence-corrected chi connectivity index (χ1v) is 10.3. The minimum atomic E-state index is 0.493. The highest BCUT2D eigenvalue weighted by molar-refractivity contribution is 5.80. The number of likely N-dealkylation sites (tertiary alicyclic amines) is 1. The van der Waals surface area contributed by atoms with Crippen LogP contribution in [0.4, 0.5) is 0 Å². The minimum Gasteiger partial charge on any atom is -0.374 e. The largest absolute Gasteiger partial charge is 0.374 e. The van der Waals surface area contributed by atoms with Gasteiger partial charge >= 0.3 is 0 Å². The first kappa shape index (κ1) is 17.0. The number of nitrogens with one attached hydrogen (secondary N) is 1. The SMILES string of the molecule is CCNC(=NCCn1c(C)nc2ccccc21)N1CC2C3CCC(O3)C2C1. The van der Waals surface area contributed by atoms with E-state index in [-0.39, 0.29) is 0 Å². The Morgan fingerprint density at radius 2 is 1.96 bits per heavy atom. The van der Waals surface area contributed by atoms with Crippen molar-refractivity contribution in [3.63, 3.8) is 0 Å².